The van der Waals surface area contributed by atoms with E-state index in [4.69, 9.17) is 33.3 Å². The number of allylic oxidation sites excluding steroid dienone is 1. The maximum atomic E-state index is 7.65. The van der Waals surface area contributed by atoms with Crippen LogP contribution in [0.15, 0.2) is 29.2 Å². The largest absolute Gasteiger partial charge is 0.381 e. The number of hydrogen-bond donors (Lipinski definition) is 3. The number of anilines is 2. The Morgan fingerprint density at radius 1 is 1.31 bits per heavy atom. The minimum absolute atomic E-state index is 0.204. The van der Waals surface area contributed by atoms with Gasteiger partial charge in [0.25, 0.3) is 0 Å². The molecule has 0 spiro atoms. The molecular weight excluding hydrogens is 447 g/mol. The summed E-state index contributed by atoms with van der Waals surface area (Å²) >= 11 is 12.9. The Morgan fingerprint density at radius 2 is 2.06 bits per heavy atom. The van der Waals surface area contributed by atoms with Crippen LogP contribution in [0.5, 0.6) is 0 Å². The molecule has 3 N–H and O–H groups in total. The van der Waals surface area contributed by atoms with Crippen molar-refractivity contribution in [2.24, 2.45) is 5.41 Å². The third-order valence-corrected chi connectivity index (χ3v) is 6.41. The van der Waals surface area contributed by atoms with Crippen LogP contribution in [0.3, 0.4) is 0 Å². The first kappa shape index (κ1) is 24.6. The van der Waals surface area contributed by atoms with Gasteiger partial charge >= 0.3 is 0 Å². The van der Waals surface area contributed by atoms with Crippen LogP contribution in [0.4, 0.5) is 11.6 Å². The number of piperidine rings is 1. The van der Waals surface area contributed by atoms with E-state index >= 15 is 0 Å². The highest BCUT2D eigenvalue weighted by Crippen LogP contribution is 2.37. The molecule has 0 unspecified atom stereocenters. The number of nitrogens with one attached hydrogen (secondary N) is 3. The molecule has 0 amide bonds. The van der Waals surface area contributed by atoms with Crippen molar-refractivity contribution in [3.63, 3.8) is 0 Å². The predicted octanol–water partition coefficient (Wildman–Crippen LogP) is 5.40. The lowest BCUT2D eigenvalue weighted by Crippen LogP contribution is -2.41. The predicted molar refractivity (Wildman–Crippen MR) is 134 cm³/mol. The number of ether oxygens (including phenoxy) is 1. The lowest BCUT2D eigenvalue weighted by atomic mass is 9.81. The first-order chi connectivity index (χ1) is 15.4. The van der Waals surface area contributed by atoms with Crippen LogP contribution < -0.4 is 15.5 Å². The summed E-state index contributed by atoms with van der Waals surface area (Å²) in [6, 6.07) is 3.92. The number of nitrogens with zero attached hydrogens (tertiary/aromatic N) is 3. The van der Waals surface area contributed by atoms with Gasteiger partial charge in [-0.05, 0) is 43.7 Å². The van der Waals surface area contributed by atoms with E-state index in [0.29, 0.717) is 21.8 Å². The zero-order valence-electron chi connectivity index (χ0n) is 19.0. The van der Waals surface area contributed by atoms with Crippen LogP contribution >= 0.6 is 23.2 Å². The highest BCUT2D eigenvalue weighted by atomic mass is 35.5. The third-order valence-electron chi connectivity index (χ3n) is 5.77. The van der Waals surface area contributed by atoms with E-state index in [9.17, 15) is 0 Å². The summed E-state index contributed by atoms with van der Waals surface area (Å²) in [4.78, 5) is 11.3. The average molecular weight is 479 g/mol. The molecule has 9 heteroatoms. The second-order valence-electron chi connectivity index (χ2n) is 8.41. The maximum Gasteiger partial charge on any atom is 0.227 e. The van der Waals surface area contributed by atoms with Crippen molar-refractivity contribution < 1.29 is 4.74 Å². The zero-order chi connectivity index (χ0) is 23.1. The minimum Gasteiger partial charge on any atom is -0.381 e. The van der Waals surface area contributed by atoms with E-state index in [1.54, 1.807) is 6.20 Å². The third kappa shape index (κ3) is 6.03. The fourth-order valence-electron chi connectivity index (χ4n) is 3.73. The monoisotopic (exact) mass is 478 g/mol. The van der Waals surface area contributed by atoms with Gasteiger partial charge in [-0.15, -0.1) is 0 Å². The second kappa shape index (κ2) is 11.2. The highest BCUT2D eigenvalue weighted by molar-refractivity contribution is 6.34. The Morgan fingerprint density at radius 3 is 2.72 bits per heavy atom. The molecule has 1 saturated heterocycles. The molecule has 2 heterocycles. The van der Waals surface area contributed by atoms with E-state index in [0.717, 1.165) is 74.9 Å². The molecule has 0 bridgehead atoms. The van der Waals surface area contributed by atoms with E-state index in [2.05, 4.69) is 32.4 Å². The number of aromatic nitrogens is 2. The van der Waals surface area contributed by atoms with Gasteiger partial charge in [0.2, 0.25) is 5.95 Å². The van der Waals surface area contributed by atoms with E-state index < -0.39 is 0 Å². The molecule has 3 rings (SSSR count). The fraction of sp³-hybridized carbons (Fsp3) is 0.522. The lowest BCUT2D eigenvalue weighted by molar-refractivity contribution is 0.0459. The number of halogens is 2. The van der Waals surface area contributed by atoms with Crippen LogP contribution in [0.1, 0.15) is 40.0 Å². The number of fused-ring (bicyclic) bond motifs is 1. The van der Waals surface area contributed by atoms with Crippen LogP contribution in [0, 0.1) is 10.8 Å². The smallest absolute Gasteiger partial charge is 0.227 e. The lowest BCUT2D eigenvalue weighted by Gasteiger charge is -2.40. The maximum absolute atomic E-state index is 7.65. The van der Waals surface area contributed by atoms with Gasteiger partial charge < -0.3 is 25.7 Å². The average Bonchev–Trinajstić information content (AvgIpc) is 2.80. The molecule has 32 heavy (non-hydrogen) atoms. The molecular formula is C23H32Cl2N6O. The Hall–Kier alpha value is -2.09. The first-order valence-corrected chi connectivity index (χ1v) is 11.8. The first-order valence-electron chi connectivity index (χ1n) is 11.1. The molecule has 1 aliphatic rings. The molecule has 0 saturated carbocycles. The number of hydrogen-bond acceptors (Lipinski definition) is 7. The molecule has 1 aromatic heterocycles. The van der Waals surface area contributed by atoms with Crippen LogP contribution in [0.2, 0.25) is 5.02 Å². The molecule has 0 atom stereocenters. The fourth-order valence-corrected chi connectivity index (χ4v) is 4.22. The Labute approximate surface area is 200 Å². The van der Waals surface area contributed by atoms with Gasteiger partial charge in [-0.2, -0.15) is 0 Å². The van der Waals surface area contributed by atoms with Crippen molar-refractivity contribution in [1.29, 1.82) is 5.41 Å². The molecule has 0 aliphatic carbocycles. The summed E-state index contributed by atoms with van der Waals surface area (Å²) in [6.45, 7) is 10.5. The molecule has 7 nitrogen and oxygen atoms in total. The van der Waals surface area contributed by atoms with Gasteiger partial charge in [0.05, 0.1) is 28.5 Å². The Balaban J connectivity index is 1.80. The van der Waals surface area contributed by atoms with Gasteiger partial charge in [0.15, 0.2) is 0 Å². The summed E-state index contributed by atoms with van der Waals surface area (Å²) in [6.07, 6.45) is 5.91. The summed E-state index contributed by atoms with van der Waals surface area (Å²) < 4.78 is 5.69. The topological polar surface area (TPSA) is 86.2 Å². The number of rotatable bonds is 10. The SMILES string of the molecule is CCCN/C(Cl)=C(\C=N)Nc1ncc2cc(Cl)c(N3CCC(C)(COCC)CC3)cc2n1. The van der Waals surface area contributed by atoms with Crippen molar-refractivity contribution in [2.45, 2.75) is 40.0 Å². The normalized spacial score (nSPS) is 16.6. The molecule has 1 aliphatic heterocycles. The summed E-state index contributed by atoms with van der Waals surface area (Å²) in [5.41, 5.74) is 2.38. The number of benzene rings is 1. The molecule has 0 radical (unpaired) electrons. The minimum atomic E-state index is 0.204. The van der Waals surface area contributed by atoms with Crippen molar-refractivity contribution in [1.82, 2.24) is 15.3 Å². The second-order valence-corrected chi connectivity index (χ2v) is 9.20. The molecule has 1 fully saturated rings. The van der Waals surface area contributed by atoms with E-state index in [-0.39, 0.29) is 5.41 Å². The summed E-state index contributed by atoms with van der Waals surface area (Å²) in [5, 5.41) is 15.7. The van der Waals surface area contributed by atoms with Crippen LogP contribution in [-0.4, -0.2) is 49.0 Å². The van der Waals surface area contributed by atoms with Gasteiger partial charge in [0, 0.05) is 44.0 Å². The van der Waals surface area contributed by atoms with Crippen molar-refractivity contribution in [3.05, 3.63) is 34.2 Å². The quantitative estimate of drug-likeness (QED) is 0.313. The van der Waals surface area contributed by atoms with E-state index in [1.807, 2.05) is 26.0 Å². The van der Waals surface area contributed by atoms with Gasteiger partial charge in [0.1, 0.15) is 5.16 Å². The molecule has 1 aromatic carbocycles. The van der Waals surface area contributed by atoms with Gasteiger partial charge in [-0.1, -0.05) is 37.0 Å². The van der Waals surface area contributed by atoms with Crippen LogP contribution in [0.25, 0.3) is 10.9 Å². The highest BCUT2D eigenvalue weighted by Gasteiger charge is 2.31. The van der Waals surface area contributed by atoms with E-state index in [1.165, 1.54) is 0 Å². The van der Waals surface area contributed by atoms with Crippen molar-refractivity contribution >= 4 is 52.0 Å². The summed E-state index contributed by atoms with van der Waals surface area (Å²) in [7, 11) is 0. The van der Waals surface area contributed by atoms with Crippen molar-refractivity contribution in [3.8, 4) is 0 Å². The Bertz CT molecular complexity index is 972. The standard InChI is InChI=1S/C23H32Cl2N6O/c1-4-8-27-21(25)19(13-26)30-22-28-14-16-11-17(24)20(12-18(16)29-22)31-9-6-23(3,7-10-31)15-32-5-2/h11-14,26-27H,4-10,15H2,1-3H3,(H,28,29,30)/b21-19+,26-13?. The van der Waals surface area contributed by atoms with Crippen LogP contribution in [-0.2, 0) is 4.74 Å². The van der Waals surface area contributed by atoms with Gasteiger partial charge in [-0.25, -0.2) is 9.97 Å². The van der Waals surface area contributed by atoms with Gasteiger partial charge in [-0.3, -0.25) is 0 Å². The molecule has 2 aromatic rings. The Kier molecular flexibility index (Phi) is 8.57. The summed E-state index contributed by atoms with van der Waals surface area (Å²) in [5.74, 6) is 0.378. The zero-order valence-corrected chi connectivity index (χ0v) is 20.5. The van der Waals surface area contributed by atoms with Crippen molar-refractivity contribution in [2.75, 3.05) is 43.1 Å². The molecule has 174 valence electrons.